The first-order chi connectivity index (χ1) is 12.6. The second-order valence-electron chi connectivity index (χ2n) is 6.74. The van der Waals surface area contributed by atoms with E-state index in [0.717, 1.165) is 13.1 Å². The Morgan fingerprint density at radius 1 is 0.962 bits per heavy atom. The number of rotatable bonds is 2. The maximum absolute atomic E-state index is 13.0. The fraction of sp³-hybridized carbons (Fsp3) is 0.500. The Labute approximate surface area is 151 Å². The zero-order chi connectivity index (χ0) is 18.1. The number of nitrogens with zero attached hydrogens (tertiary/aromatic N) is 5. The Hall–Kier alpha value is -2.45. The van der Waals surface area contributed by atoms with Crippen molar-refractivity contribution in [1.29, 1.82) is 0 Å². The summed E-state index contributed by atoms with van der Waals surface area (Å²) in [6.07, 6.45) is 1.79. The number of hydrogen-bond donors (Lipinski definition) is 0. The highest BCUT2D eigenvalue weighted by molar-refractivity contribution is 6.02. The monoisotopic (exact) mass is 357 g/mol. The van der Waals surface area contributed by atoms with E-state index in [9.17, 15) is 9.59 Å². The largest absolute Gasteiger partial charge is 0.378 e. The molecule has 2 saturated heterocycles. The number of fused-ring (bicyclic) bond motifs is 1. The van der Waals surface area contributed by atoms with Gasteiger partial charge in [0.2, 0.25) is 5.82 Å². The van der Waals surface area contributed by atoms with E-state index in [1.54, 1.807) is 15.5 Å². The van der Waals surface area contributed by atoms with Gasteiger partial charge in [0.1, 0.15) is 0 Å². The van der Waals surface area contributed by atoms with E-state index in [2.05, 4.69) is 9.88 Å². The zero-order valence-corrected chi connectivity index (χ0v) is 14.9. The van der Waals surface area contributed by atoms with Crippen molar-refractivity contribution in [3.63, 3.8) is 0 Å². The van der Waals surface area contributed by atoms with Crippen molar-refractivity contribution >= 4 is 17.3 Å². The zero-order valence-electron chi connectivity index (χ0n) is 14.9. The highest BCUT2D eigenvalue weighted by atomic mass is 16.5. The van der Waals surface area contributed by atoms with Crippen molar-refractivity contribution < 1.29 is 14.3 Å². The van der Waals surface area contributed by atoms with Gasteiger partial charge in [0.05, 0.1) is 18.7 Å². The van der Waals surface area contributed by atoms with Crippen molar-refractivity contribution in [1.82, 2.24) is 24.1 Å². The number of piperazine rings is 1. The van der Waals surface area contributed by atoms with Gasteiger partial charge in [0.25, 0.3) is 11.8 Å². The number of aromatic nitrogens is 2. The van der Waals surface area contributed by atoms with E-state index >= 15 is 0 Å². The van der Waals surface area contributed by atoms with Gasteiger partial charge in [-0.2, -0.15) is 0 Å². The number of carbonyl (C=O) groups excluding carboxylic acids is 2. The minimum Gasteiger partial charge on any atom is -0.378 e. The van der Waals surface area contributed by atoms with Crippen molar-refractivity contribution in [3.05, 3.63) is 35.9 Å². The van der Waals surface area contributed by atoms with E-state index in [0.29, 0.717) is 56.4 Å². The lowest BCUT2D eigenvalue weighted by atomic mass is 10.2. The Balaban J connectivity index is 1.67. The summed E-state index contributed by atoms with van der Waals surface area (Å²) in [7, 11) is 2.05. The summed E-state index contributed by atoms with van der Waals surface area (Å²) in [4.78, 5) is 36.2. The van der Waals surface area contributed by atoms with Crippen molar-refractivity contribution in [2.75, 3.05) is 59.5 Å². The van der Waals surface area contributed by atoms with Crippen LogP contribution in [0.5, 0.6) is 0 Å². The topological polar surface area (TPSA) is 70.4 Å². The van der Waals surface area contributed by atoms with Gasteiger partial charge in [-0.3, -0.25) is 14.0 Å². The number of morpholine rings is 1. The molecule has 8 nitrogen and oxygen atoms in total. The quantitative estimate of drug-likeness (QED) is 0.768. The molecule has 0 aromatic carbocycles. The lowest BCUT2D eigenvalue weighted by Crippen LogP contribution is -2.47. The Kier molecular flexibility index (Phi) is 4.60. The molecular formula is C18H23N5O3. The highest BCUT2D eigenvalue weighted by Gasteiger charge is 2.29. The Bertz CT molecular complexity index is 819. The van der Waals surface area contributed by atoms with Crippen LogP contribution in [0, 0.1) is 0 Å². The predicted octanol–water partition coefficient (Wildman–Crippen LogP) is 0.194. The van der Waals surface area contributed by atoms with Crippen molar-refractivity contribution in [2.24, 2.45) is 0 Å². The number of likely N-dealkylation sites (N-methyl/N-ethyl adjacent to an activating group) is 1. The van der Waals surface area contributed by atoms with Crippen LogP contribution in [0.1, 0.15) is 21.1 Å². The van der Waals surface area contributed by atoms with Crippen LogP contribution in [0.3, 0.4) is 0 Å². The van der Waals surface area contributed by atoms with Gasteiger partial charge >= 0.3 is 0 Å². The van der Waals surface area contributed by atoms with E-state index in [1.165, 1.54) is 0 Å². The summed E-state index contributed by atoms with van der Waals surface area (Å²) in [6, 6.07) is 5.54. The fourth-order valence-electron chi connectivity index (χ4n) is 3.41. The van der Waals surface area contributed by atoms with Crippen LogP contribution in [0.15, 0.2) is 24.4 Å². The number of pyridine rings is 1. The first-order valence-electron chi connectivity index (χ1n) is 8.97. The molecule has 4 heterocycles. The molecule has 2 aliphatic rings. The smallest absolute Gasteiger partial charge is 0.290 e. The SMILES string of the molecule is CN1CCN(C(=O)c2nc(C(=O)N3CCOCC3)n3ccccc23)CC1. The maximum Gasteiger partial charge on any atom is 0.290 e. The summed E-state index contributed by atoms with van der Waals surface area (Å²) in [5, 5.41) is 0. The maximum atomic E-state index is 13.0. The number of amides is 2. The molecule has 2 aromatic rings. The molecule has 0 radical (unpaired) electrons. The van der Waals surface area contributed by atoms with Crippen LogP contribution in [0.4, 0.5) is 0 Å². The third kappa shape index (κ3) is 3.06. The minimum atomic E-state index is -0.160. The predicted molar refractivity (Wildman–Crippen MR) is 95.3 cm³/mol. The average molecular weight is 357 g/mol. The molecule has 0 N–H and O–H groups in total. The third-order valence-corrected chi connectivity index (χ3v) is 5.03. The first-order valence-corrected chi connectivity index (χ1v) is 8.97. The normalized spacial score (nSPS) is 19.1. The van der Waals surface area contributed by atoms with E-state index in [4.69, 9.17) is 4.74 Å². The molecule has 0 unspecified atom stereocenters. The Morgan fingerprint density at radius 2 is 1.65 bits per heavy atom. The fourth-order valence-corrected chi connectivity index (χ4v) is 3.41. The van der Waals surface area contributed by atoms with Gasteiger partial charge in [-0.25, -0.2) is 4.98 Å². The van der Waals surface area contributed by atoms with Gasteiger partial charge in [-0.1, -0.05) is 6.07 Å². The van der Waals surface area contributed by atoms with Crippen LogP contribution in [0.2, 0.25) is 0 Å². The van der Waals surface area contributed by atoms with Gasteiger partial charge in [-0.05, 0) is 19.2 Å². The average Bonchev–Trinajstić information content (AvgIpc) is 3.08. The van der Waals surface area contributed by atoms with Crippen LogP contribution in [-0.4, -0.2) is 95.4 Å². The second kappa shape index (κ2) is 7.05. The van der Waals surface area contributed by atoms with E-state index < -0.39 is 0 Å². The standard InChI is InChI=1S/C18H23N5O3/c1-20-6-8-21(9-7-20)17(24)15-14-4-2-3-5-23(14)16(19-15)18(25)22-10-12-26-13-11-22/h2-5H,6-13H2,1H3. The second-order valence-corrected chi connectivity index (χ2v) is 6.74. The van der Waals surface area contributed by atoms with E-state index in [1.807, 2.05) is 30.1 Å². The van der Waals surface area contributed by atoms with E-state index in [-0.39, 0.29) is 11.8 Å². The summed E-state index contributed by atoms with van der Waals surface area (Å²) in [5.41, 5.74) is 1.03. The molecule has 0 atom stereocenters. The molecule has 2 aliphatic heterocycles. The molecule has 2 aromatic heterocycles. The summed E-state index contributed by atoms with van der Waals surface area (Å²) in [5.74, 6) is 0.0229. The molecular weight excluding hydrogens is 334 g/mol. The van der Waals surface area contributed by atoms with Gasteiger partial charge in [-0.15, -0.1) is 0 Å². The minimum absolute atomic E-state index is 0.108. The molecule has 2 amide bonds. The molecule has 2 fully saturated rings. The Morgan fingerprint density at radius 3 is 2.38 bits per heavy atom. The lowest BCUT2D eigenvalue weighted by molar-refractivity contribution is 0.0294. The molecule has 26 heavy (non-hydrogen) atoms. The summed E-state index contributed by atoms with van der Waals surface area (Å²) < 4.78 is 7.04. The lowest BCUT2D eigenvalue weighted by Gasteiger charge is -2.32. The van der Waals surface area contributed by atoms with Gasteiger partial charge in [0.15, 0.2) is 5.69 Å². The molecule has 8 heteroatoms. The molecule has 4 rings (SSSR count). The molecule has 138 valence electrons. The number of carbonyl (C=O) groups is 2. The molecule has 0 saturated carbocycles. The first kappa shape index (κ1) is 17.0. The summed E-state index contributed by atoms with van der Waals surface area (Å²) in [6.45, 7) is 5.19. The third-order valence-electron chi connectivity index (χ3n) is 5.03. The van der Waals surface area contributed by atoms with Crippen LogP contribution >= 0.6 is 0 Å². The van der Waals surface area contributed by atoms with Crippen molar-refractivity contribution in [3.8, 4) is 0 Å². The molecule has 0 bridgehead atoms. The number of hydrogen-bond acceptors (Lipinski definition) is 5. The van der Waals surface area contributed by atoms with Crippen LogP contribution < -0.4 is 0 Å². The highest BCUT2D eigenvalue weighted by Crippen LogP contribution is 2.18. The van der Waals surface area contributed by atoms with Crippen LogP contribution in [-0.2, 0) is 4.74 Å². The van der Waals surface area contributed by atoms with Crippen LogP contribution in [0.25, 0.3) is 5.52 Å². The number of imidazole rings is 1. The van der Waals surface area contributed by atoms with Gasteiger partial charge < -0.3 is 19.4 Å². The molecule has 0 aliphatic carbocycles. The number of ether oxygens (including phenoxy) is 1. The van der Waals surface area contributed by atoms with Crippen molar-refractivity contribution in [2.45, 2.75) is 0 Å². The van der Waals surface area contributed by atoms with Gasteiger partial charge in [0, 0.05) is 45.5 Å². The molecule has 0 spiro atoms. The summed E-state index contributed by atoms with van der Waals surface area (Å²) >= 11 is 0.